The number of benzene rings is 1. The van der Waals surface area contributed by atoms with Gasteiger partial charge in [-0.3, -0.25) is 24.0 Å². The first-order valence-electron chi connectivity index (χ1n) is 12.0. The van der Waals surface area contributed by atoms with E-state index in [9.17, 15) is 24.3 Å². The fraction of sp³-hybridized carbons (Fsp3) is 0.385. The maximum atomic E-state index is 13.9. The van der Waals surface area contributed by atoms with E-state index < -0.39 is 34.8 Å². The normalized spacial score (nSPS) is 29.7. The Labute approximate surface area is 216 Å². The smallest absolute Gasteiger partial charge is 0.326 e. The van der Waals surface area contributed by atoms with Crippen molar-refractivity contribution in [3.63, 3.8) is 0 Å². The zero-order valence-electron chi connectivity index (χ0n) is 19.9. The number of amides is 2. The third-order valence-corrected chi connectivity index (χ3v) is 8.85. The van der Waals surface area contributed by atoms with Crippen LogP contribution in [0.2, 0.25) is 5.02 Å². The van der Waals surface area contributed by atoms with E-state index in [0.717, 1.165) is 5.56 Å². The van der Waals surface area contributed by atoms with Gasteiger partial charge < -0.3 is 15.7 Å². The maximum absolute atomic E-state index is 13.9. The minimum atomic E-state index is -1.13. The number of nitrogens with two attached hydrogens (primary N) is 1. The number of pyridine rings is 1. The molecule has 10 nitrogen and oxygen atoms in total. The van der Waals surface area contributed by atoms with Gasteiger partial charge in [0.25, 0.3) is 0 Å². The quantitative estimate of drug-likeness (QED) is 0.453. The second kappa shape index (κ2) is 7.85. The number of ketones is 1. The number of halogens is 1. The summed E-state index contributed by atoms with van der Waals surface area (Å²) >= 11 is 6.45. The second-order valence-corrected chi connectivity index (χ2v) is 10.7. The number of carbonyl (C=O) groups excluding carboxylic acids is 3. The fourth-order valence-electron chi connectivity index (χ4n) is 6.88. The van der Waals surface area contributed by atoms with Crippen LogP contribution in [0.15, 0.2) is 42.7 Å². The third kappa shape index (κ3) is 3.11. The van der Waals surface area contributed by atoms with Gasteiger partial charge in [0.05, 0.1) is 22.7 Å². The molecule has 2 aliphatic carbocycles. The first kappa shape index (κ1) is 23.6. The average molecular weight is 522 g/mol. The van der Waals surface area contributed by atoms with E-state index in [2.05, 4.69) is 10.1 Å². The van der Waals surface area contributed by atoms with Gasteiger partial charge >= 0.3 is 5.97 Å². The lowest BCUT2D eigenvalue weighted by Gasteiger charge is -2.37. The van der Waals surface area contributed by atoms with Crippen molar-refractivity contribution in [3.05, 3.63) is 59.0 Å². The summed E-state index contributed by atoms with van der Waals surface area (Å²) in [5, 5.41) is 15.4. The van der Waals surface area contributed by atoms with Crippen molar-refractivity contribution in [1.29, 1.82) is 0 Å². The Bertz CT molecular complexity index is 1520. The van der Waals surface area contributed by atoms with E-state index in [4.69, 9.17) is 17.3 Å². The van der Waals surface area contributed by atoms with Gasteiger partial charge in [0.1, 0.15) is 18.3 Å². The zero-order chi connectivity index (χ0) is 26.3. The van der Waals surface area contributed by atoms with Crippen LogP contribution in [0.5, 0.6) is 0 Å². The lowest BCUT2D eigenvalue weighted by Crippen LogP contribution is -2.56. The average Bonchev–Trinajstić information content (AvgIpc) is 3.71. The Balaban J connectivity index is 1.41. The maximum Gasteiger partial charge on any atom is 0.326 e. The van der Waals surface area contributed by atoms with Crippen molar-refractivity contribution < 1.29 is 24.3 Å². The van der Waals surface area contributed by atoms with Crippen molar-refractivity contribution >= 4 is 46.1 Å². The fourth-order valence-corrected chi connectivity index (χ4v) is 7.15. The van der Waals surface area contributed by atoms with Gasteiger partial charge in [-0.1, -0.05) is 29.8 Å². The molecular weight excluding hydrogens is 498 g/mol. The Morgan fingerprint density at radius 3 is 2.62 bits per heavy atom. The molecule has 1 aromatic carbocycles. The molecule has 3 fully saturated rings. The molecule has 3 heterocycles. The monoisotopic (exact) mass is 521 g/mol. The number of carbonyl (C=O) groups is 4. The number of nitrogens with zero attached hydrogens (tertiary/aromatic N) is 4. The molecule has 0 spiro atoms. The zero-order valence-corrected chi connectivity index (χ0v) is 20.7. The molecule has 0 unspecified atom stereocenters. The molecule has 6 rings (SSSR count). The van der Waals surface area contributed by atoms with E-state index in [-0.39, 0.29) is 36.3 Å². The lowest BCUT2D eigenvalue weighted by molar-refractivity contribution is -0.154. The molecule has 190 valence electrons. The number of carboxylic acids is 1. The highest BCUT2D eigenvalue weighted by molar-refractivity contribution is 6.31. The van der Waals surface area contributed by atoms with Crippen molar-refractivity contribution in [1.82, 2.24) is 19.7 Å². The number of carboxylic acid groups (broad SMARTS) is 1. The topological polar surface area (TPSA) is 148 Å². The number of fused-ring (bicyclic) bond motifs is 2. The highest BCUT2D eigenvalue weighted by atomic mass is 35.5. The van der Waals surface area contributed by atoms with E-state index in [1.54, 1.807) is 18.2 Å². The number of piperidine rings is 1. The minimum Gasteiger partial charge on any atom is -0.480 e. The second-order valence-electron chi connectivity index (χ2n) is 10.2. The summed E-state index contributed by atoms with van der Waals surface area (Å²) in [5.74, 6) is -2.94. The summed E-state index contributed by atoms with van der Waals surface area (Å²) in [6.07, 6.45) is 4.17. The highest BCUT2D eigenvalue weighted by Crippen LogP contribution is 2.79. The molecule has 3 N–H and O–H groups in total. The van der Waals surface area contributed by atoms with Crippen LogP contribution in [0.3, 0.4) is 0 Å². The number of aliphatic carboxylic acids is 1. The highest BCUT2D eigenvalue weighted by Gasteiger charge is 2.85. The predicted molar refractivity (Wildman–Crippen MR) is 132 cm³/mol. The van der Waals surface area contributed by atoms with E-state index in [0.29, 0.717) is 28.8 Å². The standard InChI is InChI=1S/C26H24ClN5O5/c1-13(33)22-16-6-7-29-11-20(16)31(30-22)12-21(34)32-19(23(35)36)8-14-9-26(14,32)25(24(28)37)10-17(25)15-4-2-3-5-18(15)27/h2-7,11,14,17,19H,8-10,12H2,1H3,(H2,28,37)(H,35,36)/t14-,17+,19-,25-,26-/m0/s1. The summed E-state index contributed by atoms with van der Waals surface area (Å²) in [6.45, 7) is 1.08. The molecule has 1 saturated heterocycles. The summed E-state index contributed by atoms with van der Waals surface area (Å²) in [4.78, 5) is 56.9. The Morgan fingerprint density at radius 2 is 1.95 bits per heavy atom. The molecule has 2 amide bonds. The number of primary amides is 1. The van der Waals surface area contributed by atoms with Gasteiger partial charge in [-0.2, -0.15) is 5.10 Å². The minimum absolute atomic E-state index is 0.165. The van der Waals surface area contributed by atoms with Crippen molar-refractivity contribution in [2.75, 3.05) is 0 Å². The van der Waals surface area contributed by atoms with Crippen molar-refractivity contribution in [2.24, 2.45) is 17.1 Å². The Hall–Kier alpha value is -3.79. The van der Waals surface area contributed by atoms with Gasteiger partial charge in [-0.05, 0) is 42.9 Å². The SMILES string of the molecule is CC(=O)c1nn(CC(=O)N2[C@H](C(=O)O)C[C@H]3C[C@@]32[C@@]2(C(N)=O)C[C@@H]2c2ccccc2Cl)c2cnccc12. The van der Waals surface area contributed by atoms with Crippen LogP contribution in [0.1, 0.15) is 48.2 Å². The number of likely N-dealkylation sites (tertiary alicyclic amines) is 1. The molecule has 0 bridgehead atoms. The molecular formula is C26H24ClN5O5. The molecule has 3 aromatic rings. The molecule has 2 aromatic heterocycles. The van der Waals surface area contributed by atoms with Crippen LogP contribution >= 0.6 is 11.6 Å². The molecule has 1 aliphatic heterocycles. The lowest BCUT2D eigenvalue weighted by atomic mass is 9.85. The van der Waals surface area contributed by atoms with Gasteiger partial charge in [-0.15, -0.1) is 0 Å². The van der Waals surface area contributed by atoms with E-state index in [1.807, 2.05) is 12.1 Å². The van der Waals surface area contributed by atoms with Crippen LogP contribution in [0.25, 0.3) is 10.9 Å². The molecule has 5 atom stereocenters. The number of aromatic nitrogens is 3. The summed E-state index contributed by atoms with van der Waals surface area (Å²) in [6, 6.07) is 7.76. The van der Waals surface area contributed by atoms with Gasteiger partial charge in [0.15, 0.2) is 5.78 Å². The molecule has 2 saturated carbocycles. The summed E-state index contributed by atoms with van der Waals surface area (Å²) in [7, 11) is 0. The first-order chi connectivity index (χ1) is 17.6. The third-order valence-electron chi connectivity index (χ3n) is 8.50. The summed E-state index contributed by atoms with van der Waals surface area (Å²) < 4.78 is 1.37. The Kier molecular flexibility index (Phi) is 5.01. The predicted octanol–water partition coefficient (Wildman–Crippen LogP) is 2.39. The number of hydrogen-bond donors (Lipinski definition) is 2. The van der Waals surface area contributed by atoms with Crippen molar-refractivity contribution in [3.8, 4) is 0 Å². The molecule has 0 radical (unpaired) electrons. The van der Waals surface area contributed by atoms with Crippen LogP contribution in [0, 0.1) is 11.3 Å². The van der Waals surface area contributed by atoms with Crippen LogP contribution in [-0.4, -0.2) is 59.9 Å². The largest absolute Gasteiger partial charge is 0.480 e. The number of rotatable bonds is 7. The Morgan fingerprint density at radius 1 is 1.19 bits per heavy atom. The van der Waals surface area contributed by atoms with Gasteiger partial charge in [0, 0.05) is 29.4 Å². The van der Waals surface area contributed by atoms with Crippen LogP contribution in [0.4, 0.5) is 0 Å². The first-order valence-corrected chi connectivity index (χ1v) is 12.4. The number of Topliss-reactive ketones (excluding diaryl/α,β-unsaturated/α-hetero) is 1. The molecule has 37 heavy (non-hydrogen) atoms. The van der Waals surface area contributed by atoms with Crippen LogP contribution in [-0.2, 0) is 20.9 Å². The van der Waals surface area contributed by atoms with Crippen LogP contribution < -0.4 is 5.73 Å². The van der Waals surface area contributed by atoms with Gasteiger partial charge in [-0.25, -0.2) is 4.79 Å². The van der Waals surface area contributed by atoms with E-state index >= 15 is 0 Å². The van der Waals surface area contributed by atoms with Crippen molar-refractivity contribution in [2.45, 2.75) is 50.2 Å². The molecule has 11 heteroatoms. The van der Waals surface area contributed by atoms with Gasteiger partial charge in [0.2, 0.25) is 11.8 Å². The molecule has 3 aliphatic rings. The van der Waals surface area contributed by atoms with E-state index in [1.165, 1.54) is 28.9 Å². The summed E-state index contributed by atoms with van der Waals surface area (Å²) in [5.41, 5.74) is 5.36. The number of hydrogen-bond acceptors (Lipinski definition) is 6.